The summed E-state index contributed by atoms with van der Waals surface area (Å²) in [6, 6.07) is 19.9. The summed E-state index contributed by atoms with van der Waals surface area (Å²) in [5.41, 5.74) is 4.80. The number of hydrogen-bond donors (Lipinski definition) is 0. The van der Waals surface area contributed by atoms with E-state index in [9.17, 15) is 9.59 Å². The molecule has 0 unspecified atom stereocenters. The predicted molar refractivity (Wildman–Crippen MR) is 157 cm³/mol. The van der Waals surface area contributed by atoms with Gasteiger partial charge in [-0.1, -0.05) is 45.0 Å². The second kappa shape index (κ2) is 11.1. The summed E-state index contributed by atoms with van der Waals surface area (Å²) < 4.78 is 16.6. The van der Waals surface area contributed by atoms with E-state index in [0.717, 1.165) is 54.6 Å². The van der Waals surface area contributed by atoms with Gasteiger partial charge < -0.3 is 24.0 Å². The normalized spacial score (nSPS) is 16.9. The quantitative estimate of drug-likeness (QED) is 0.409. The number of ether oxygens (including phenoxy) is 3. The first kappa shape index (κ1) is 27.1. The molecule has 0 saturated carbocycles. The van der Waals surface area contributed by atoms with Crippen LogP contribution in [0.3, 0.4) is 0 Å². The molecule has 0 radical (unpaired) electrons. The Bertz CT molecular complexity index is 1440. The van der Waals surface area contributed by atoms with Crippen LogP contribution in [0.5, 0.6) is 17.2 Å². The third-order valence-electron chi connectivity index (χ3n) is 8.61. The Morgan fingerprint density at radius 1 is 0.805 bits per heavy atom. The smallest absolute Gasteiger partial charge is 0.265 e. The molecule has 8 nitrogen and oxygen atoms in total. The number of carbonyl (C=O) groups is 2. The van der Waals surface area contributed by atoms with E-state index in [2.05, 4.69) is 43.9 Å². The number of rotatable bonds is 7. The summed E-state index contributed by atoms with van der Waals surface area (Å²) in [6.07, 6.45) is 0.991. The van der Waals surface area contributed by atoms with Gasteiger partial charge >= 0.3 is 0 Å². The van der Waals surface area contributed by atoms with E-state index < -0.39 is 0 Å². The molecule has 0 spiro atoms. The van der Waals surface area contributed by atoms with Gasteiger partial charge in [-0.3, -0.25) is 14.5 Å². The first-order valence-electron chi connectivity index (χ1n) is 14.4. The zero-order chi connectivity index (χ0) is 28.6. The molecule has 0 bridgehead atoms. The van der Waals surface area contributed by atoms with Crippen LogP contribution in [0.1, 0.15) is 54.2 Å². The average Bonchev–Trinajstić information content (AvgIpc) is 3.47. The fraction of sp³-hybridized carbons (Fsp3) is 0.394. The van der Waals surface area contributed by atoms with E-state index in [1.807, 2.05) is 47.4 Å². The lowest BCUT2D eigenvalue weighted by Gasteiger charge is -2.35. The van der Waals surface area contributed by atoms with Gasteiger partial charge in [0.2, 0.25) is 6.79 Å². The Labute approximate surface area is 241 Å². The highest BCUT2D eigenvalue weighted by atomic mass is 16.7. The van der Waals surface area contributed by atoms with E-state index >= 15 is 0 Å². The highest BCUT2D eigenvalue weighted by Crippen LogP contribution is 2.38. The highest BCUT2D eigenvalue weighted by molar-refractivity contribution is 5.98. The van der Waals surface area contributed by atoms with Gasteiger partial charge in [-0.05, 0) is 64.9 Å². The Morgan fingerprint density at radius 3 is 2.27 bits per heavy atom. The topological polar surface area (TPSA) is 71.6 Å². The van der Waals surface area contributed by atoms with Crippen molar-refractivity contribution in [2.75, 3.05) is 44.5 Å². The van der Waals surface area contributed by atoms with Gasteiger partial charge in [0.1, 0.15) is 5.75 Å². The van der Waals surface area contributed by atoms with Crippen LogP contribution in [0.4, 0.5) is 5.69 Å². The summed E-state index contributed by atoms with van der Waals surface area (Å²) in [5, 5.41) is 0. The third-order valence-corrected chi connectivity index (χ3v) is 8.61. The van der Waals surface area contributed by atoms with Crippen molar-refractivity contribution in [3.8, 4) is 17.2 Å². The maximum atomic E-state index is 13.3. The fourth-order valence-electron chi connectivity index (χ4n) is 5.53. The van der Waals surface area contributed by atoms with Gasteiger partial charge in [-0.25, -0.2) is 0 Å². The summed E-state index contributed by atoms with van der Waals surface area (Å²) in [4.78, 5) is 32.2. The van der Waals surface area contributed by atoms with E-state index in [1.165, 1.54) is 11.1 Å². The zero-order valence-electron chi connectivity index (χ0n) is 24.0. The number of carbonyl (C=O) groups excluding carboxylic acids is 2. The largest absolute Gasteiger partial charge is 0.482 e. The van der Waals surface area contributed by atoms with Gasteiger partial charge in [-0.15, -0.1) is 0 Å². The van der Waals surface area contributed by atoms with Gasteiger partial charge in [0, 0.05) is 38.3 Å². The lowest BCUT2D eigenvalue weighted by Crippen LogP contribution is -2.48. The summed E-state index contributed by atoms with van der Waals surface area (Å²) in [7, 11) is 0. The molecule has 0 aromatic heterocycles. The number of amides is 2. The highest BCUT2D eigenvalue weighted by Gasteiger charge is 2.29. The van der Waals surface area contributed by atoms with Crippen molar-refractivity contribution >= 4 is 17.5 Å². The van der Waals surface area contributed by atoms with Crippen molar-refractivity contribution in [2.45, 2.75) is 45.7 Å². The van der Waals surface area contributed by atoms with Crippen LogP contribution in [0.15, 0.2) is 60.7 Å². The molecule has 214 valence electrons. The second-order valence-corrected chi connectivity index (χ2v) is 11.6. The van der Waals surface area contributed by atoms with Crippen LogP contribution in [0.25, 0.3) is 0 Å². The molecular weight excluding hydrogens is 518 g/mol. The standard InChI is InChI=1S/C33H37N3O5/c1-4-33(2,3)26-10-12-28-27(18-26)36(31(37)21-39-28)20-23-5-8-25(9-6-23)32(38)35-15-13-34(14-16-35)19-24-7-11-29-30(17-24)41-22-40-29/h5-12,17-18H,4,13-16,19-22H2,1-3H3. The molecule has 0 N–H and O–H groups in total. The molecule has 3 aliphatic heterocycles. The number of benzene rings is 3. The number of anilines is 1. The maximum absolute atomic E-state index is 13.3. The van der Waals surface area contributed by atoms with Crippen molar-refractivity contribution in [3.63, 3.8) is 0 Å². The Morgan fingerprint density at radius 2 is 1.51 bits per heavy atom. The molecule has 41 heavy (non-hydrogen) atoms. The molecule has 3 aliphatic rings. The van der Waals surface area contributed by atoms with Crippen LogP contribution in [0.2, 0.25) is 0 Å². The minimum Gasteiger partial charge on any atom is -0.482 e. The van der Waals surface area contributed by atoms with Crippen molar-refractivity contribution < 1.29 is 23.8 Å². The number of nitrogens with zero attached hydrogens (tertiary/aromatic N) is 3. The molecule has 6 rings (SSSR count). The molecule has 1 fully saturated rings. The fourth-order valence-corrected chi connectivity index (χ4v) is 5.53. The van der Waals surface area contributed by atoms with E-state index in [0.29, 0.717) is 25.2 Å². The van der Waals surface area contributed by atoms with E-state index in [4.69, 9.17) is 14.2 Å². The molecule has 8 heteroatoms. The Kier molecular flexibility index (Phi) is 7.34. The number of hydrogen-bond acceptors (Lipinski definition) is 6. The first-order valence-corrected chi connectivity index (χ1v) is 14.4. The average molecular weight is 556 g/mol. The number of fused-ring (bicyclic) bond motifs is 2. The van der Waals surface area contributed by atoms with Gasteiger partial charge in [0.15, 0.2) is 18.1 Å². The van der Waals surface area contributed by atoms with Crippen LogP contribution in [0, 0.1) is 0 Å². The first-order chi connectivity index (χ1) is 19.8. The lowest BCUT2D eigenvalue weighted by atomic mass is 9.82. The number of piperazine rings is 1. The monoisotopic (exact) mass is 555 g/mol. The van der Waals surface area contributed by atoms with Crippen LogP contribution in [-0.2, 0) is 23.3 Å². The molecule has 1 saturated heterocycles. The van der Waals surface area contributed by atoms with Crippen molar-refractivity contribution in [2.24, 2.45) is 0 Å². The Balaban J connectivity index is 1.07. The van der Waals surface area contributed by atoms with Crippen LogP contribution in [-0.4, -0.2) is 61.2 Å². The molecule has 3 aromatic carbocycles. The second-order valence-electron chi connectivity index (χ2n) is 11.6. The van der Waals surface area contributed by atoms with Crippen molar-refractivity contribution in [1.82, 2.24) is 9.80 Å². The maximum Gasteiger partial charge on any atom is 0.265 e. The molecule has 0 aliphatic carbocycles. The van der Waals surface area contributed by atoms with Gasteiger partial charge in [0.25, 0.3) is 11.8 Å². The predicted octanol–water partition coefficient (Wildman–Crippen LogP) is 4.99. The van der Waals surface area contributed by atoms with Crippen LogP contribution < -0.4 is 19.1 Å². The molecule has 0 atom stereocenters. The summed E-state index contributed by atoms with van der Waals surface area (Å²) >= 11 is 0. The van der Waals surface area contributed by atoms with E-state index in [-0.39, 0.29) is 30.6 Å². The Hall–Kier alpha value is -4.04. The summed E-state index contributed by atoms with van der Waals surface area (Å²) in [6.45, 7) is 11.1. The summed E-state index contributed by atoms with van der Waals surface area (Å²) in [5.74, 6) is 2.29. The molecule has 3 aromatic rings. The third kappa shape index (κ3) is 5.61. The van der Waals surface area contributed by atoms with Crippen molar-refractivity contribution in [3.05, 3.63) is 82.9 Å². The van der Waals surface area contributed by atoms with Crippen LogP contribution >= 0.6 is 0 Å². The van der Waals surface area contributed by atoms with Gasteiger partial charge in [-0.2, -0.15) is 0 Å². The minimum absolute atomic E-state index is 0.000616. The minimum atomic E-state index is -0.0669. The lowest BCUT2D eigenvalue weighted by molar-refractivity contribution is -0.121. The zero-order valence-corrected chi connectivity index (χ0v) is 24.0. The van der Waals surface area contributed by atoms with Gasteiger partial charge in [0.05, 0.1) is 12.2 Å². The van der Waals surface area contributed by atoms with Crippen molar-refractivity contribution in [1.29, 1.82) is 0 Å². The SMILES string of the molecule is CCC(C)(C)c1ccc2c(c1)N(Cc1ccc(C(=O)N3CCN(Cc4ccc5c(c4)OCO5)CC3)cc1)C(=O)CO2. The molecule has 2 amide bonds. The van der Waals surface area contributed by atoms with E-state index in [1.54, 1.807) is 4.90 Å². The molecule has 3 heterocycles. The molecular formula is C33H37N3O5.